The van der Waals surface area contributed by atoms with Crippen LogP contribution in [0.1, 0.15) is 42.5 Å². The molecule has 0 spiro atoms. The highest BCUT2D eigenvalue weighted by molar-refractivity contribution is 5.91. The molecule has 26 heavy (non-hydrogen) atoms. The molecule has 2 aromatic carbocycles. The molecule has 0 amide bonds. The minimum atomic E-state index is -0.258. The van der Waals surface area contributed by atoms with Crippen molar-refractivity contribution in [1.82, 2.24) is 5.32 Å². The molecule has 0 unspecified atom stereocenters. The lowest BCUT2D eigenvalue weighted by Gasteiger charge is -2.47. The van der Waals surface area contributed by atoms with Gasteiger partial charge in [0.05, 0.1) is 5.71 Å². The van der Waals surface area contributed by atoms with E-state index in [2.05, 4.69) is 10.5 Å². The van der Waals surface area contributed by atoms with Crippen molar-refractivity contribution < 1.29 is 13.6 Å². The van der Waals surface area contributed by atoms with E-state index in [1.54, 1.807) is 24.3 Å². The molecular formula is C21H22F2N2O. The van der Waals surface area contributed by atoms with E-state index < -0.39 is 0 Å². The Kier molecular flexibility index (Phi) is 4.72. The predicted octanol–water partition coefficient (Wildman–Crippen LogP) is 4.77. The summed E-state index contributed by atoms with van der Waals surface area (Å²) < 4.78 is 29.1. The number of nitrogens with one attached hydrogen (secondary N) is 1. The maximum absolute atomic E-state index is 14.5. The summed E-state index contributed by atoms with van der Waals surface area (Å²) in [5, 5.41) is 7.85. The van der Waals surface area contributed by atoms with Crippen molar-refractivity contribution >= 4 is 5.71 Å². The summed E-state index contributed by atoms with van der Waals surface area (Å²) in [6.07, 6.45) is 2.83. The van der Waals surface area contributed by atoms with Crippen LogP contribution in [0.15, 0.2) is 53.7 Å². The van der Waals surface area contributed by atoms with E-state index in [1.165, 1.54) is 19.2 Å². The first-order chi connectivity index (χ1) is 12.7. The van der Waals surface area contributed by atoms with Crippen LogP contribution in [-0.2, 0) is 4.84 Å². The van der Waals surface area contributed by atoms with Crippen LogP contribution in [0.3, 0.4) is 0 Å². The molecule has 1 saturated carbocycles. The number of oxime groups is 1. The summed E-state index contributed by atoms with van der Waals surface area (Å²) in [4.78, 5) is 5.12. The zero-order valence-electron chi connectivity index (χ0n) is 14.7. The van der Waals surface area contributed by atoms with Gasteiger partial charge in [0.15, 0.2) is 0 Å². The van der Waals surface area contributed by atoms with Crippen LogP contribution in [0.2, 0.25) is 0 Å². The molecule has 1 saturated heterocycles. The second-order valence-corrected chi connectivity index (χ2v) is 7.01. The van der Waals surface area contributed by atoms with Gasteiger partial charge in [0, 0.05) is 35.0 Å². The maximum atomic E-state index is 14.5. The van der Waals surface area contributed by atoms with Crippen molar-refractivity contribution in [2.45, 2.75) is 31.3 Å². The standard InChI is InChI=1S/C21H22F2N2O/c1-26-25-21-15-9-6-10-16(21)20(14-8-3-5-12-18(14)23)24-19(15)13-7-2-4-11-17(13)22/h2-5,7-8,11-12,15-16,19-20,24H,6,9-10H2,1H3/t15-,16+,19+,20-. The van der Waals surface area contributed by atoms with Gasteiger partial charge >= 0.3 is 0 Å². The molecule has 0 radical (unpaired) electrons. The lowest BCUT2D eigenvalue weighted by Crippen LogP contribution is -2.51. The van der Waals surface area contributed by atoms with Gasteiger partial charge in [-0.1, -0.05) is 48.0 Å². The summed E-state index contributed by atoms with van der Waals surface area (Å²) in [6, 6.07) is 13.1. The summed E-state index contributed by atoms with van der Waals surface area (Å²) in [5.74, 6) is -0.404. The molecule has 5 heteroatoms. The second-order valence-electron chi connectivity index (χ2n) is 7.01. The second kappa shape index (κ2) is 7.16. The maximum Gasteiger partial charge on any atom is 0.128 e. The molecule has 2 fully saturated rings. The SMILES string of the molecule is CON=C1[C@H]2CCC[C@@H]1[C@H](c1ccccc1F)N[C@@H]2c1ccccc1F. The minimum Gasteiger partial charge on any atom is -0.399 e. The van der Waals surface area contributed by atoms with E-state index in [0.29, 0.717) is 11.1 Å². The monoisotopic (exact) mass is 356 g/mol. The van der Waals surface area contributed by atoms with Crippen molar-refractivity contribution in [1.29, 1.82) is 0 Å². The van der Waals surface area contributed by atoms with Crippen molar-refractivity contribution in [3.8, 4) is 0 Å². The molecule has 136 valence electrons. The van der Waals surface area contributed by atoms with Crippen molar-refractivity contribution in [2.75, 3.05) is 7.11 Å². The predicted molar refractivity (Wildman–Crippen MR) is 96.7 cm³/mol. The zero-order chi connectivity index (χ0) is 18.1. The van der Waals surface area contributed by atoms with Gasteiger partial charge in [-0.25, -0.2) is 8.78 Å². The normalized spacial score (nSPS) is 29.6. The van der Waals surface area contributed by atoms with Gasteiger partial charge in [-0.2, -0.15) is 0 Å². The Morgan fingerprint density at radius 1 is 0.885 bits per heavy atom. The molecule has 1 aliphatic carbocycles. The van der Waals surface area contributed by atoms with E-state index in [9.17, 15) is 8.78 Å². The summed E-state index contributed by atoms with van der Waals surface area (Å²) >= 11 is 0. The highest BCUT2D eigenvalue weighted by Gasteiger charge is 2.46. The molecule has 2 aromatic rings. The number of hydrogen-bond donors (Lipinski definition) is 1. The molecule has 4 atom stereocenters. The fraction of sp³-hybridized carbons (Fsp3) is 0.381. The number of rotatable bonds is 3. The van der Waals surface area contributed by atoms with E-state index in [1.807, 2.05) is 12.1 Å². The van der Waals surface area contributed by atoms with Gasteiger partial charge in [0.25, 0.3) is 0 Å². The van der Waals surface area contributed by atoms with E-state index in [4.69, 9.17) is 4.84 Å². The van der Waals surface area contributed by atoms with Crippen LogP contribution in [0.25, 0.3) is 0 Å². The average molecular weight is 356 g/mol. The van der Waals surface area contributed by atoms with Crippen LogP contribution < -0.4 is 5.32 Å². The first-order valence-corrected chi connectivity index (χ1v) is 9.06. The number of hydrogen-bond acceptors (Lipinski definition) is 3. The molecule has 2 bridgehead atoms. The smallest absolute Gasteiger partial charge is 0.128 e. The average Bonchev–Trinajstić information content (AvgIpc) is 2.64. The van der Waals surface area contributed by atoms with Gasteiger partial charge < -0.3 is 10.2 Å². The quantitative estimate of drug-likeness (QED) is 0.804. The van der Waals surface area contributed by atoms with Gasteiger partial charge in [-0.3, -0.25) is 0 Å². The first-order valence-electron chi connectivity index (χ1n) is 9.06. The van der Waals surface area contributed by atoms with Crippen molar-refractivity contribution in [2.24, 2.45) is 17.0 Å². The number of benzene rings is 2. The number of halogens is 2. The molecular weight excluding hydrogens is 334 g/mol. The Morgan fingerprint density at radius 2 is 1.38 bits per heavy atom. The molecule has 1 aliphatic heterocycles. The van der Waals surface area contributed by atoms with E-state index in [0.717, 1.165) is 25.0 Å². The topological polar surface area (TPSA) is 33.6 Å². The van der Waals surface area contributed by atoms with Gasteiger partial charge in [0.1, 0.15) is 18.7 Å². The van der Waals surface area contributed by atoms with Crippen LogP contribution in [0, 0.1) is 23.5 Å². The minimum absolute atomic E-state index is 0.0497. The van der Waals surface area contributed by atoms with E-state index >= 15 is 0 Å². The number of piperidine rings is 1. The highest BCUT2D eigenvalue weighted by Crippen LogP contribution is 2.47. The van der Waals surface area contributed by atoms with Crippen LogP contribution in [-0.4, -0.2) is 12.8 Å². The summed E-state index contributed by atoms with van der Waals surface area (Å²) in [7, 11) is 1.53. The third-order valence-electron chi connectivity index (χ3n) is 5.63. The zero-order valence-corrected chi connectivity index (χ0v) is 14.7. The van der Waals surface area contributed by atoms with Crippen molar-refractivity contribution in [3.05, 3.63) is 71.3 Å². The van der Waals surface area contributed by atoms with Gasteiger partial charge in [0.2, 0.25) is 0 Å². The van der Waals surface area contributed by atoms with Gasteiger partial charge in [-0.05, 0) is 25.0 Å². The Bertz CT molecular complexity index is 762. The Morgan fingerprint density at radius 3 is 1.85 bits per heavy atom. The first kappa shape index (κ1) is 17.2. The highest BCUT2D eigenvalue weighted by atomic mass is 19.1. The van der Waals surface area contributed by atoms with Crippen LogP contribution >= 0.6 is 0 Å². The largest absolute Gasteiger partial charge is 0.399 e. The Labute approximate surface area is 152 Å². The third-order valence-corrected chi connectivity index (χ3v) is 5.63. The Balaban J connectivity index is 1.82. The number of fused-ring (bicyclic) bond motifs is 2. The fourth-order valence-corrected chi connectivity index (χ4v) is 4.54. The van der Waals surface area contributed by atoms with E-state index in [-0.39, 0.29) is 35.6 Å². The lowest BCUT2D eigenvalue weighted by molar-refractivity contribution is 0.178. The third kappa shape index (κ3) is 2.90. The van der Waals surface area contributed by atoms with Crippen LogP contribution in [0.4, 0.5) is 8.78 Å². The molecule has 1 heterocycles. The Hall–Kier alpha value is -2.27. The van der Waals surface area contributed by atoms with Gasteiger partial charge in [-0.15, -0.1) is 0 Å². The van der Waals surface area contributed by atoms with Crippen LogP contribution in [0.5, 0.6) is 0 Å². The molecule has 0 aromatic heterocycles. The van der Waals surface area contributed by atoms with Crippen molar-refractivity contribution in [3.63, 3.8) is 0 Å². The molecule has 4 rings (SSSR count). The summed E-state index contributed by atoms with van der Waals surface area (Å²) in [5.41, 5.74) is 2.12. The lowest BCUT2D eigenvalue weighted by atomic mass is 9.67. The number of nitrogens with zero attached hydrogens (tertiary/aromatic N) is 1. The summed E-state index contributed by atoms with van der Waals surface area (Å²) in [6.45, 7) is 0. The molecule has 1 N–H and O–H groups in total. The fourth-order valence-electron chi connectivity index (χ4n) is 4.54. The molecule has 3 nitrogen and oxygen atoms in total. The molecule has 2 aliphatic rings.